The van der Waals surface area contributed by atoms with Gasteiger partial charge in [0, 0.05) is 28.2 Å². The summed E-state index contributed by atoms with van der Waals surface area (Å²) in [6, 6.07) is 13.5. The third kappa shape index (κ3) is 3.28. The number of carboxylic acids is 1. The topological polar surface area (TPSA) is 76.7 Å². The van der Waals surface area contributed by atoms with E-state index in [0.29, 0.717) is 22.0 Å². The number of hydrogen-bond donors (Lipinski definition) is 1. The van der Waals surface area contributed by atoms with Crippen LogP contribution >= 0.6 is 11.8 Å². The normalized spacial score (nSPS) is 10.7. The van der Waals surface area contributed by atoms with E-state index in [0.717, 1.165) is 10.9 Å². The van der Waals surface area contributed by atoms with E-state index in [1.54, 1.807) is 43.5 Å². The number of hydrogen-bond acceptors (Lipinski definition) is 5. The molecule has 0 unspecified atom stereocenters. The van der Waals surface area contributed by atoms with E-state index in [-0.39, 0.29) is 5.56 Å². The summed E-state index contributed by atoms with van der Waals surface area (Å²) in [5.74, 6) is 0.0885. The van der Waals surface area contributed by atoms with Crippen LogP contribution in [0.5, 0.6) is 5.75 Å². The van der Waals surface area contributed by atoms with Crippen LogP contribution in [0.25, 0.3) is 11.0 Å². The number of rotatable bonds is 5. The van der Waals surface area contributed by atoms with E-state index in [4.69, 9.17) is 9.15 Å². The van der Waals surface area contributed by atoms with Crippen LogP contribution in [-0.4, -0.2) is 18.2 Å². The molecule has 2 aromatic carbocycles. The molecule has 3 aromatic rings. The Kier molecular flexibility index (Phi) is 4.57. The summed E-state index contributed by atoms with van der Waals surface area (Å²) < 4.78 is 10.4. The first-order valence-corrected chi connectivity index (χ1v) is 8.13. The fourth-order valence-electron chi connectivity index (χ4n) is 2.38. The summed E-state index contributed by atoms with van der Waals surface area (Å²) in [5, 5.41) is 10.0. The molecule has 1 aromatic heterocycles. The predicted octanol–water partition coefficient (Wildman–Crippen LogP) is 3.79. The Labute approximate surface area is 141 Å². The number of carbonyl (C=O) groups is 1. The molecule has 0 atom stereocenters. The van der Waals surface area contributed by atoms with Gasteiger partial charge in [0.2, 0.25) is 0 Å². The van der Waals surface area contributed by atoms with Crippen molar-refractivity contribution in [2.45, 2.75) is 10.6 Å². The third-order valence-electron chi connectivity index (χ3n) is 3.54. The van der Waals surface area contributed by atoms with Crippen LogP contribution in [0.15, 0.2) is 62.6 Å². The first-order valence-electron chi connectivity index (χ1n) is 7.14. The zero-order chi connectivity index (χ0) is 17.1. The molecule has 0 aliphatic carbocycles. The van der Waals surface area contributed by atoms with E-state index in [1.165, 1.54) is 17.8 Å². The lowest BCUT2D eigenvalue weighted by Gasteiger charge is -2.08. The highest BCUT2D eigenvalue weighted by Gasteiger charge is 2.12. The molecule has 24 heavy (non-hydrogen) atoms. The number of fused-ring (bicyclic) bond motifs is 1. The van der Waals surface area contributed by atoms with Crippen LogP contribution < -0.4 is 10.4 Å². The van der Waals surface area contributed by atoms with Crippen LogP contribution in [0.1, 0.15) is 15.9 Å². The van der Waals surface area contributed by atoms with Gasteiger partial charge in [-0.1, -0.05) is 12.1 Å². The molecule has 1 heterocycles. The van der Waals surface area contributed by atoms with Crippen molar-refractivity contribution in [3.05, 3.63) is 70.1 Å². The molecule has 0 spiro atoms. The number of methoxy groups -OCH3 is 1. The van der Waals surface area contributed by atoms with Crippen molar-refractivity contribution in [1.82, 2.24) is 0 Å². The Morgan fingerprint density at radius 2 is 2.00 bits per heavy atom. The average molecular weight is 342 g/mol. The van der Waals surface area contributed by atoms with E-state index in [2.05, 4.69) is 0 Å². The largest absolute Gasteiger partial charge is 0.497 e. The minimum atomic E-state index is -0.972. The van der Waals surface area contributed by atoms with Crippen LogP contribution in [0.2, 0.25) is 0 Å². The molecule has 1 N–H and O–H groups in total. The molecule has 0 fully saturated rings. The summed E-state index contributed by atoms with van der Waals surface area (Å²) in [6.07, 6.45) is 0. The lowest BCUT2D eigenvalue weighted by molar-refractivity contribution is 0.0693. The number of carboxylic acid groups (broad SMARTS) is 1. The van der Waals surface area contributed by atoms with Crippen molar-refractivity contribution < 1.29 is 19.1 Å². The third-order valence-corrected chi connectivity index (χ3v) is 4.66. The minimum absolute atomic E-state index is 0.247. The molecule has 3 rings (SSSR count). The van der Waals surface area contributed by atoms with E-state index in [1.807, 2.05) is 6.07 Å². The van der Waals surface area contributed by atoms with Crippen LogP contribution in [0, 0.1) is 0 Å². The van der Waals surface area contributed by atoms with Gasteiger partial charge in [0.05, 0.1) is 12.7 Å². The van der Waals surface area contributed by atoms with E-state index < -0.39 is 11.6 Å². The maximum absolute atomic E-state index is 11.8. The lowest BCUT2D eigenvalue weighted by Crippen LogP contribution is -2.01. The molecule has 0 amide bonds. The molecule has 5 nitrogen and oxygen atoms in total. The predicted molar refractivity (Wildman–Crippen MR) is 92.0 cm³/mol. The summed E-state index contributed by atoms with van der Waals surface area (Å²) >= 11 is 1.37. The highest BCUT2D eigenvalue weighted by atomic mass is 32.2. The van der Waals surface area contributed by atoms with E-state index >= 15 is 0 Å². The zero-order valence-corrected chi connectivity index (χ0v) is 13.6. The molecule has 0 aliphatic heterocycles. The molecular formula is C18H14O5S. The van der Waals surface area contributed by atoms with Gasteiger partial charge in [0.1, 0.15) is 11.3 Å². The number of ether oxygens (including phenoxy) is 1. The molecule has 0 saturated carbocycles. The lowest BCUT2D eigenvalue weighted by atomic mass is 10.1. The minimum Gasteiger partial charge on any atom is -0.497 e. The van der Waals surface area contributed by atoms with E-state index in [9.17, 15) is 14.7 Å². The van der Waals surface area contributed by atoms with Crippen molar-refractivity contribution in [2.24, 2.45) is 0 Å². The smallest absolute Gasteiger partial charge is 0.336 e. The second-order valence-corrected chi connectivity index (χ2v) is 6.06. The SMILES string of the molecule is COc1ccc2c(CSc3ccccc3C(=O)O)cc(=O)oc2c1. The maximum atomic E-state index is 11.8. The average Bonchev–Trinajstić information content (AvgIpc) is 2.59. The van der Waals surface area contributed by atoms with Gasteiger partial charge >= 0.3 is 11.6 Å². The van der Waals surface area contributed by atoms with Crippen LogP contribution in [-0.2, 0) is 5.75 Å². The Hall–Kier alpha value is -2.73. The first kappa shape index (κ1) is 16.1. The Morgan fingerprint density at radius 3 is 2.75 bits per heavy atom. The standard InChI is InChI=1S/C18H14O5S/c1-22-12-6-7-13-11(8-17(19)23-15(13)9-12)10-24-16-5-3-2-4-14(16)18(20)21/h2-9H,10H2,1H3,(H,20,21). The molecule has 0 saturated heterocycles. The summed E-state index contributed by atoms with van der Waals surface area (Å²) in [4.78, 5) is 23.7. The Bertz CT molecular complexity index is 961. The second kappa shape index (κ2) is 6.80. The van der Waals surface area contributed by atoms with Gasteiger partial charge in [0.15, 0.2) is 0 Å². The van der Waals surface area contributed by atoms with Crippen molar-refractivity contribution in [1.29, 1.82) is 0 Å². The number of benzene rings is 2. The van der Waals surface area contributed by atoms with Gasteiger partial charge in [-0.05, 0) is 29.8 Å². The molecule has 122 valence electrons. The molecule has 0 aliphatic rings. The van der Waals surface area contributed by atoms with Crippen molar-refractivity contribution in [3.63, 3.8) is 0 Å². The molecule has 0 bridgehead atoms. The highest BCUT2D eigenvalue weighted by Crippen LogP contribution is 2.30. The quantitative estimate of drug-likeness (QED) is 0.561. The summed E-state index contributed by atoms with van der Waals surface area (Å²) in [5.41, 5.74) is 1.03. The molecule has 0 radical (unpaired) electrons. The Morgan fingerprint density at radius 1 is 1.21 bits per heavy atom. The Balaban J connectivity index is 1.96. The molecule has 6 heteroatoms. The van der Waals surface area contributed by atoms with Crippen molar-refractivity contribution in [3.8, 4) is 5.75 Å². The molecular weight excluding hydrogens is 328 g/mol. The van der Waals surface area contributed by atoms with Crippen molar-refractivity contribution >= 4 is 28.7 Å². The van der Waals surface area contributed by atoms with Crippen LogP contribution in [0.3, 0.4) is 0 Å². The summed E-state index contributed by atoms with van der Waals surface area (Å²) in [7, 11) is 1.54. The van der Waals surface area contributed by atoms with Gasteiger partial charge < -0.3 is 14.3 Å². The van der Waals surface area contributed by atoms with Crippen LogP contribution in [0.4, 0.5) is 0 Å². The fourth-order valence-corrected chi connectivity index (χ4v) is 3.42. The van der Waals surface area contributed by atoms with Gasteiger partial charge in [-0.2, -0.15) is 0 Å². The summed E-state index contributed by atoms with van der Waals surface area (Å²) in [6.45, 7) is 0. The second-order valence-electron chi connectivity index (χ2n) is 5.04. The zero-order valence-electron chi connectivity index (χ0n) is 12.8. The first-order chi connectivity index (χ1) is 11.6. The monoisotopic (exact) mass is 342 g/mol. The fraction of sp³-hybridized carbons (Fsp3) is 0.111. The van der Waals surface area contributed by atoms with Gasteiger partial charge in [0.25, 0.3) is 0 Å². The van der Waals surface area contributed by atoms with Crippen molar-refractivity contribution in [2.75, 3.05) is 7.11 Å². The van der Waals surface area contributed by atoms with Gasteiger partial charge in [-0.15, -0.1) is 11.8 Å². The number of aromatic carboxylic acids is 1. The maximum Gasteiger partial charge on any atom is 0.336 e. The number of thioether (sulfide) groups is 1. The highest BCUT2D eigenvalue weighted by molar-refractivity contribution is 7.98. The van der Waals surface area contributed by atoms with Gasteiger partial charge in [-0.25, -0.2) is 9.59 Å². The van der Waals surface area contributed by atoms with Gasteiger partial charge in [-0.3, -0.25) is 0 Å².